The topological polar surface area (TPSA) is 105 Å². The summed E-state index contributed by atoms with van der Waals surface area (Å²) in [5.41, 5.74) is 0.914. The summed E-state index contributed by atoms with van der Waals surface area (Å²) in [7, 11) is 1.58. The highest BCUT2D eigenvalue weighted by molar-refractivity contribution is 5.88. The van der Waals surface area contributed by atoms with Crippen molar-refractivity contribution in [3.05, 3.63) is 29.8 Å². The number of carbonyl (C=O) groups excluding carboxylic acids is 2. The Labute approximate surface area is 154 Å². The van der Waals surface area contributed by atoms with E-state index in [1.54, 1.807) is 7.11 Å². The van der Waals surface area contributed by atoms with Crippen LogP contribution >= 0.6 is 0 Å². The first-order chi connectivity index (χ1) is 12.2. The predicted molar refractivity (Wildman–Crippen MR) is 98.1 cm³/mol. The minimum absolute atomic E-state index is 0.0816. The molecule has 26 heavy (non-hydrogen) atoms. The molecule has 0 saturated carbocycles. The van der Waals surface area contributed by atoms with E-state index in [9.17, 15) is 14.4 Å². The Bertz CT molecular complexity index is 630. The Morgan fingerprint density at radius 2 is 1.77 bits per heavy atom. The van der Waals surface area contributed by atoms with Crippen LogP contribution < -0.4 is 15.4 Å². The molecule has 7 heteroatoms. The van der Waals surface area contributed by atoms with Gasteiger partial charge in [-0.1, -0.05) is 39.0 Å². The summed E-state index contributed by atoms with van der Waals surface area (Å²) in [4.78, 5) is 35.1. The minimum atomic E-state index is -1.08. The lowest BCUT2D eigenvalue weighted by molar-refractivity contribution is -0.142. The van der Waals surface area contributed by atoms with Crippen molar-refractivity contribution in [3.63, 3.8) is 0 Å². The van der Waals surface area contributed by atoms with Crippen molar-refractivity contribution in [2.75, 3.05) is 13.7 Å². The maximum absolute atomic E-state index is 12.1. The van der Waals surface area contributed by atoms with Gasteiger partial charge in [0.05, 0.1) is 13.7 Å². The van der Waals surface area contributed by atoms with Crippen LogP contribution in [-0.4, -0.2) is 42.6 Å². The molecule has 0 spiro atoms. The number of carboxylic acid groups (broad SMARTS) is 1. The van der Waals surface area contributed by atoms with Gasteiger partial charge in [0.25, 0.3) is 0 Å². The fourth-order valence-electron chi connectivity index (χ4n) is 2.65. The highest BCUT2D eigenvalue weighted by Crippen LogP contribution is 2.28. The Morgan fingerprint density at radius 1 is 1.12 bits per heavy atom. The minimum Gasteiger partial charge on any atom is -0.496 e. The zero-order chi connectivity index (χ0) is 19.7. The predicted octanol–water partition coefficient (Wildman–Crippen LogP) is 1.92. The average Bonchev–Trinajstić information content (AvgIpc) is 2.58. The van der Waals surface area contributed by atoms with Gasteiger partial charge < -0.3 is 20.5 Å². The standard InChI is InChI=1S/C19H28N2O5/c1-12(2)9-15(19(24)25)21-18(23)11-20-17(22)10-13(3)14-7-5-6-8-16(14)26-4/h5-8,12-13,15H,9-11H2,1-4H3,(H,20,22)(H,21,23)(H,24,25)/t13?,15-/m0/s1. The zero-order valence-electron chi connectivity index (χ0n) is 15.7. The van der Waals surface area contributed by atoms with Crippen LogP contribution in [0.2, 0.25) is 0 Å². The molecule has 2 atom stereocenters. The van der Waals surface area contributed by atoms with Crippen molar-refractivity contribution < 1.29 is 24.2 Å². The molecule has 0 bridgehead atoms. The number of hydrogen-bond acceptors (Lipinski definition) is 4. The quantitative estimate of drug-likeness (QED) is 0.588. The molecular formula is C19H28N2O5. The number of para-hydroxylation sites is 1. The van der Waals surface area contributed by atoms with Crippen molar-refractivity contribution in [3.8, 4) is 5.75 Å². The molecule has 0 aliphatic heterocycles. The van der Waals surface area contributed by atoms with E-state index in [2.05, 4.69) is 10.6 Å². The number of methoxy groups -OCH3 is 1. The molecular weight excluding hydrogens is 336 g/mol. The Kier molecular flexibility index (Phi) is 8.61. The van der Waals surface area contributed by atoms with Crippen molar-refractivity contribution in [2.45, 2.75) is 45.6 Å². The lowest BCUT2D eigenvalue weighted by Crippen LogP contribution is -2.46. The Hall–Kier alpha value is -2.57. The lowest BCUT2D eigenvalue weighted by Gasteiger charge is -2.17. The van der Waals surface area contributed by atoms with Crippen LogP contribution in [0.5, 0.6) is 5.75 Å². The lowest BCUT2D eigenvalue weighted by atomic mass is 9.96. The summed E-state index contributed by atoms with van der Waals surface area (Å²) in [6.45, 7) is 5.41. The van der Waals surface area contributed by atoms with Gasteiger partial charge in [0.2, 0.25) is 11.8 Å². The molecule has 7 nitrogen and oxygen atoms in total. The third-order valence-corrected chi connectivity index (χ3v) is 3.95. The summed E-state index contributed by atoms with van der Waals surface area (Å²) >= 11 is 0. The molecule has 3 N–H and O–H groups in total. The third-order valence-electron chi connectivity index (χ3n) is 3.95. The van der Waals surface area contributed by atoms with Gasteiger partial charge in [0, 0.05) is 6.42 Å². The van der Waals surface area contributed by atoms with Gasteiger partial charge in [-0.05, 0) is 29.9 Å². The summed E-state index contributed by atoms with van der Waals surface area (Å²) in [6.07, 6.45) is 0.530. The zero-order valence-corrected chi connectivity index (χ0v) is 15.7. The van der Waals surface area contributed by atoms with E-state index in [-0.39, 0.29) is 30.7 Å². The number of carbonyl (C=O) groups is 3. The number of carboxylic acids is 1. The van der Waals surface area contributed by atoms with E-state index >= 15 is 0 Å². The van der Waals surface area contributed by atoms with E-state index in [0.717, 1.165) is 5.56 Å². The molecule has 2 amide bonds. The van der Waals surface area contributed by atoms with Gasteiger partial charge in [0.15, 0.2) is 0 Å². The highest BCUT2D eigenvalue weighted by Gasteiger charge is 2.21. The SMILES string of the molecule is COc1ccccc1C(C)CC(=O)NCC(=O)N[C@@H](CC(C)C)C(=O)O. The van der Waals surface area contributed by atoms with Gasteiger partial charge >= 0.3 is 5.97 Å². The van der Waals surface area contributed by atoms with Crippen LogP contribution in [0.25, 0.3) is 0 Å². The Balaban J connectivity index is 2.50. The van der Waals surface area contributed by atoms with E-state index in [4.69, 9.17) is 9.84 Å². The molecule has 1 aromatic carbocycles. The largest absolute Gasteiger partial charge is 0.496 e. The van der Waals surface area contributed by atoms with Crippen LogP contribution in [0, 0.1) is 5.92 Å². The highest BCUT2D eigenvalue weighted by atomic mass is 16.5. The van der Waals surface area contributed by atoms with Crippen molar-refractivity contribution in [2.24, 2.45) is 5.92 Å². The summed E-state index contributed by atoms with van der Waals surface area (Å²) in [6, 6.07) is 6.51. The number of ether oxygens (including phenoxy) is 1. The molecule has 1 aromatic rings. The molecule has 0 radical (unpaired) electrons. The maximum Gasteiger partial charge on any atom is 0.326 e. The summed E-state index contributed by atoms with van der Waals surface area (Å²) in [5.74, 6) is -1.12. The van der Waals surface area contributed by atoms with Gasteiger partial charge in [-0.2, -0.15) is 0 Å². The van der Waals surface area contributed by atoms with Crippen molar-refractivity contribution in [1.29, 1.82) is 0 Å². The van der Waals surface area contributed by atoms with E-state index in [1.165, 1.54) is 0 Å². The monoisotopic (exact) mass is 364 g/mol. The normalized spacial score (nSPS) is 13.0. The molecule has 0 aromatic heterocycles. The molecule has 144 valence electrons. The molecule has 1 unspecified atom stereocenters. The average molecular weight is 364 g/mol. The van der Waals surface area contributed by atoms with E-state index in [0.29, 0.717) is 12.2 Å². The van der Waals surface area contributed by atoms with Gasteiger partial charge in [-0.3, -0.25) is 9.59 Å². The van der Waals surface area contributed by atoms with Crippen molar-refractivity contribution >= 4 is 17.8 Å². The van der Waals surface area contributed by atoms with Gasteiger partial charge in [0.1, 0.15) is 11.8 Å². The molecule has 0 saturated heterocycles. The molecule has 1 rings (SSSR count). The number of nitrogens with one attached hydrogen (secondary N) is 2. The first-order valence-corrected chi connectivity index (χ1v) is 8.66. The maximum atomic E-state index is 12.1. The van der Waals surface area contributed by atoms with Crippen LogP contribution in [0.15, 0.2) is 24.3 Å². The van der Waals surface area contributed by atoms with E-state index < -0.39 is 17.9 Å². The second kappa shape index (κ2) is 10.4. The molecule has 0 heterocycles. The number of hydrogen-bond donors (Lipinski definition) is 3. The first-order valence-electron chi connectivity index (χ1n) is 8.66. The van der Waals surface area contributed by atoms with Crippen molar-refractivity contribution in [1.82, 2.24) is 10.6 Å². The Morgan fingerprint density at radius 3 is 2.35 bits per heavy atom. The van der Waals surface area contributed by atoms with Gasteiger partial charge in [-0.25, -0.2) is 4.79 Å². The number of aliphatic carboxylic acids is 1. The first kappa shape index (κ1) is 21.5. The van der Waals surface area contributed by atoms with Gasteiger partial charge in [-0.15, -0.1) is 0 Å². The number of amides is 2. The molecule has 0 aliphatic rings. The fourth-order valence-corrected chi connectivity index (χ4v) is 2.65. The smallest absolute Gasteiger partial charge is 0.326 e. The van der Waals surface area contributed by atoms with Crippen LogP contribution in [0.3, 0.4) is 0 Å². The summed E-state index contributed by atoms with van der Waals surface area (Å²) < 4.78 is 5.29. The molecule has 0 aliphatic carbocycles. The second-order valence-electron chi connectivity index (χ2n) is 6.71. The second-order valence-corrected chi connectivity index (χ2v) is 6.71. The van der Waals surface area contributed by atoms with Crippen LogP contribution in [0.4, 0.5) is 0 Å². The van der Waals surface area contributed by atoms with Crippen LogP contribution in [0.1, 0.15) is 45.1 Å². The van der Waals surface area contributed by atoms with Crippen LogP contribution in [-0.2, 0) is 14.4 Å². The van der Waals surface area contributed by atoms with E-state index in [1.807, 2.05) is 45.0 Å². The fraction of sp³-hybridized carbons (Fsp3) is 0.526. The third kappa shape index (κ3) is 7.13. The number of benzene rings is 1. The number of rotatable bonds is 10. The molecule has 0 fully saturated rings. The summed E-state index contributed by atoms with van der Waals surface area (Å²) in [5, 5.41) is 14.1.